The molecule has 0 bridgehead atoms. The van der Waals surface area contributed by atoms with Crippen LogP contribution in [0.15, 0.2) is 0 Å². The molecule has 0 unspecified atom stereocenters. The molecule has 6 fully saturated rings. The Labute approximate surface area is 203 Å². The number of fused-ring (bicyclic) bond motifs is 6. The third-order valence-electron chi connectivity index (χ3n) is 12.5. The second kappa shape index (κ2) is 7.07. The molecular formula is C28H42O6. The minimum Gasteiger partial charge on any atom is -0.460 e. The van der Waals surface area contributed by atoms with Crippen LogP contribution in [0.25, 0.3) is 0 Å². The van der Waals surface area contributed by atoms with Gasteiger partial charge in [0.15, 0.2) is 5.60 Å². The Morgan fingerprint density at radius 1 is 0.941 bits per heavy atom. The first kappa shape index (κ1) is 23.4. The van der Waals surface area contributed by atoms with Gasteiger partial charge in [-0.25, -0.2) is 4.79 Å². The summed E-state index contributed by atoms with van der Waals surface area (Å²) >= 11 is 0. The van der Waals surface area contributed by atoms with Crippen LogP contribution < -0.4 is 0 Å². The minimum absolute atomic E-state index is 0.0551. The lowest BCUT2D eigenvalue weighted by atomic mass is 9.43. The average molecular weight is 475 g/mol. The van der Waals surface area contributed by atoms with E-state index in [2.05, 4.69) is 20.8 Å². The van der Waals surface area contributed by atoms with E-state index in [1.54, 1.807) is 0 Å². The van der Waals surface area contributed by atoms with Gasteiger partial charge in [-0.1, -0.05) is 20.8 Å². The zero-order valence-corrected chi connectivity index (χ0v) is 21.4. The van der Waals surface area contributed by atoms with Gasteiger partial charge in [0.25, 0.3) is 0 Å². The molecule has 2 aliphatic heterocycles. The van der Waals surface area contributed by atoms with Crippen molar-refractivity contribution >= 4 is 11.8 Å². The zero-order valence-electron chi connectivity index (χ0n) is 21.4. The normalized spacial score (nSPS) is 59.3. The molecule has 13 atom stereocenters. The topological polar surface area (TPSA) is 96.4 Å². The number of ketones is 1. The molecule has 0 spiro atoms. The van der Waals surface area contributed by atoms with Crippen molar-refractivity contribution in [3.63, 3.8) is 0 Å². The van der Waals surface area contributed by atoms with Gasteiger partial charge in [-0.05, 0) is 93.3 Å². The second-order valence-electron chi connectivity index (χ2n) is 13.6. The van der Waals surface area contributed by atoms with Gasteiger partial charge in [-0.2, -0.15) is 0 Å². The van der Waals surface area contributed by atoms with Crippen molar-refractivity contribution in [3.05, 3.63) is 0 Å². The highest BCUT2D eigenvalue weighted by atomic mass is 16.7. The van der Waals surface area contributed by atoms with E-state index in [1.807, 2.05) is 13.8 Å². The lowest BCUT2D eigenvalue weighted by Gasteiger charge is -2.62. The maximum absolute atomic E-state index is 13.3. The molecule has 6 rings (SSSR count). The molecule has 0 aromatic rings. The van der Waals surface area contributed by atoms with Crippen LogP contribution in [0.1, 0.15) is 86.0 Å². The van der Waals surface area contributed by atoms with Gasteiger partial charge in [0.2, 0.25) is 0 Å². The Morgan fingerprint density at radius 3 is 2.38 bits per heavy atom. The molecule has 4 aliphatic carbocycles. The predicted molar refractivity (Wildman–Crippen MR) is 125 cm³/mol. The molecule has 2 heterocycles. The van der Waals surface area contributed by atoms with E-state index in [-0.39, 0.29) is 41.2 Å². The molecule has 6 nitrogen and oxygen atoms in total. The Morgan fingerprint density at radius 2 is 1.68 bits per heavy atom. The summed E-state index contributed by atoms with van der Waals surface area (Å²) < 4.78 is 11.8. The summed E-state index contributed by atoms with van der Waals surface area (Å²) in [6.07, 6.45) is 5.25. The van der Waals surface area contributed by atoms with Gasteiger partial charge in [0.05, 0.1) is 12.2 Å². The highest BCUT2D eigenvalue weighted by Gasteiger charge is 2.74. The molecule has 0 radical (unpaired) electrons. The van der Waals surface area contributed by atoms with Crippen LogP contribution in [0.2, 0.25) is 0 Å². The molecule has 34 heavy (non-hydrogen) atoms. The molecule has 2 N–H and O–H groups in total. The van der Waals surface area contributed by atoms with E-state index >= 15 is 0 Å². The molecule has 0 aromatic heterocycles. The SMILES string of the molecule is C[C@H]([C@H]1CC[C@H]2[C@@H]3[C@H](O)C[C@@H]4[C@H](O)CCC(=O)[C@]4(C)[C@@H]3CC[C@]12C)[C@H]1C[C@]2(C)O[C@]2(C)C(=O)O1. The maximum atomic E-state index is 13.3. The first-order valence-corrected chi connectivity index (χ1v) is 13.7. The number of aliphatic hydroxyl groups is 2. The summed E-state index contributed by atoms with van der Waals surface area (Å²) in [4.78, 5) is 26.0. The first-order chi connectivity index (χ1) is 15.9. The standard InChI is InChI=1S/C28H42O6/c1-14(21-13-26(3)28(5,34-26)24(32)33-21)15-6-7-16-23-17(10-11-25(15,16)2)27(4)18(12-20(23)30)19(29)8-9-22(27)31/h14-21,23,29-30H,6-13H2,1-5H3/t14-,15-,16+,17-,18-,19-,20-,21-,23+,25-,26+,27-,28-/m1/s1. The van der Waals surface area contributed by atoms with E-state index in [1.165, 1.54) is 0 Å². The molecule has 6 aliphatic rings. The fourth-order valence-electron chi connectivity index (χ4n) is 10.1. The number of hydrogen-bond donors (Lipinski definition) is 2. The van der Waals surface area contributed by atoms with E-state index in [9.17, 15) is 19.8 Å². The molecule has 4 saturated carbocycles. The Hall–Kier alpha value is -0.980. The summed E-state index contributed by atoms with van der Waals surface area (Å²) in [5.41, 5.74) is -1.66. The lowest BCUT2D eigenvalue weighted by Crippen LogP contribution is -2.63. The largest absolute Gasteiger partial charge is 0.460 e. The van der Waals surface area contributed by atoms with Crippen molar-refractivity contribution in [1.29, 1.82) is 0 Å². The van der Waals surface area contributed by atoms with Crippen LogP contribution in [-0.2, 0) is 19.1 Å². The Kier molecular flexibility index (Phi) is 4.87. The number of ether oxygens (including phenoxy) is 2. The van der Waals surface area contributed by atoms with Crippen molar-refractivity contribution in [2.24, 2.45) is 46.3 Å². The van der Waals surface area contributed by atoms with Crippen molar-refractivity contribution in [1.82, 2.24) is 0 Å². The highest BCUT2D eigenvalue weighted by Crippen LogP contribution is 2.68. The second-order valence-corrected chi connectivity index (χ2v) is 13.6. The van der Waals surface area contributed by atoms with Gasteiger partial charge in [-0.15, -0.1) is 0 Å². The smallest absolute Gasteiger partial charge is 0.341 e. The van der Waals surface area contributed by atoms with E-state index < -0.39 is 28.8 Å². The van der Waals surface area contributed by atoms with Crippen LogP contribution in [0.4, 0.5) is 0 Å². The highest BCUT2D eigenvalue weighted by molar-refractivity contribution is 5.86. The van der Waals surface area contributed by atoms with E-state index in [0.29, 0.717) is 36.9 Å². The van der Waals surface area contributed by atoms with Gasteiger partial charge in [-0.3, -0.25) is 4.79 Å². The predicted octanol–water partition coefficient (Wildman–Crippen LogP) is 3.66. The van der Waals surface area contributed by atoms with Gasteiger partial charge >= 0.3 is 5.97 Å². The number of Topliss-reactive ketones (excluding diaryl/α,β-unsaturated/α-hetero) is 1. The van der Waals surface area contributed by atoms with Crippen molar-refractivity contribution in [3.8, 4) is 0 Å². The number of aliphatic hydroxyl groups excluding tert-OH is 2. The van der Waals surface area contributed by atoms with Gasteiger partial charge < -0.3 is 19.7 Å². The summed E-state index contributed by atoms with van der Waals surface area (Å²) in [6.45, 7) is 10.6. The lowest BCUT2D eigenvalue weighted by molar-refractivity contribution is -0.192. The van der Waals surface area contributed by atoms with Crippen molar-refractivity contribution < 1.29 is 29.3 Å². The van der Waals surface area contributed by atoms with Crippen LogP contribution in [-0.4, -0.2) is 51.5 Å². The number of cyclic esters (lactones) is 1. The van der Waals surface area contributed by atoms with Gasteiger partial charge in [0, 0.05) is 18.3 Å². The molecule has 0 aromatic carbocycles. The summed E-state index contributed by atoms with van der Waals surface area (Å²) in [5, 5.41) is 22.2. The number of epoxide rings is 1. The molecule has 6 heteroatoms. The summed E-state index contributed by atoms with van der Waals surface area (Å²) in [5.74, 6) is 1.19. The Bertz CT molecular complexity index is 919. The van der Waals surface area contributed by atoms with Crippen LogP contribution >= 0.6 is 0 Å². The number of carbonyl (C=O) groups excluding carboxylic acids is 2. The fraction of sp³-hybridized carbons (Fsp3) is 0.929. The summed E-state index contributed by atoms with van der Waals surface area (Å²) in [7, 11) is 0. The third-order valence-corrected chi connectivity index (χ3v) is 12.5. The number of carbonyl (C=O) groups is 2. The number of rotatable bonds is 2. The molecule has 2 saturated heterocycles. The average Bonchev–Trinajstić information content (AvgIpc) is 3.19. The van der Waals surface area contributed by atoms with Crippen LogP contribution in [0.5, 0.6) is 0 Å². The maximum Gasteiger partial charge on any atom is 0.341 e. The zero-order chi connectivity index (χ0) is 24.4. The fourth-order valence-corrected chi connectivity index (χ4v) is 10.1. The van der Waals surface area contributed by atoms with E-state index in [4.69, 9.17) is 9.47 Å². The van der Waals surface area contributed by atoms with E-state index in [0.717, 1.165) is 32.1 Å². The minimum atomic E-state index is -0.779. The summed E-state index contributed by atoms with van der Waals surface area (Å²) in [6, 6.07) is 0. The molecular weight excluding hydrogens is 432 g/mol. The molecule has 190 valence electrons. The van der Waals surface area contributed by atoms with Crippen molar-refractivity contribution in [2.75, 3.05) is 0 Å². The van der Waals surface area contributed by atoms with Crippen molar-refractivity contribution in [2.45, 2.75) is 115 Å². The Balaban J connectivity index is 1.27. The number of esters is 1. The number of hydrogen-bond acceptors (Lipinski definition) is 6. The quantitative estimate of drug-likeness (QED) is 0.468. The first-order valence-electron chi connectivity index (χ1n) is 13.7. The van der Waals surface area contributed by atoms with Gasteiger partial charge in [0.1, 0.15) is 17.5 Å². The molecule has 0 amide bonds. The third kappa shape index (κ3) is 2.74. The monoisotopic (exact) mass is 474 g/mol. The van der Waals surface area contributed by atoms with Crippen LogP contribution in [0.3, 0.4) is 0 Å². The van der Waals surface area contributed by atoms with Crippen LogP contribution in [0, 0.1) is 46.3 Å².